The topological polar surface area (TPSA) is 106 Å². The predicted molar refractivity (Wildman–Crippen MR) is 82.2 cm³/mol. The van der Waals surface area contributed by atoms with Crippen LogP contribution in [0.5, 0.6) is 0 Å². The maximum Gasteiger partial charge on any atom is 0.240 e. The number of para-hydroxylation sites is 1. The van der Waals surface area contributed by atoms with Crippen LogP contribution in [0.2, 0.25) is 0 Å². The first-order valence-corrected chi connectivity index (χ1v) is 7.13. The van der Waals surface area contributed by atoms with E-state index in [-0.39, 0.29) is 0 Å². The van der Waals surface area contributed by atoms with Crippen molar-refractivity contribution in [3.63, 3.8) is 0 Å². The van der Waals surface area contributed by atoms with E-state index in [0.29, 0.717) is 16.9 Å². The van der Waals surface area contributed by atoms with E-state index < -0.39 is 0 Å². The van der Waals surface area contributed by atoms with Crippen molar-refractivity contribution in [2.24, 2.45) is 5.10 Å². The Morgan fingerprint density at radius 1 is 1.43 bits per heavy atom. The maximum absolute atomic E-state index is 8.49. The summed E-state index contributed by atoms with van der Waals surface area (Å²) in [6.45, 7) is 0. The fraction of sp³-hybridized carbons (Fsp3) is 0.0769. The zero-order chi connectivity index (χ0) is 14.5. The van der Waals surface area contributed by atoms with Gasteiger partial charge in [-0.15, -0.1) is 5.10 Å². The lowest BCUT2D eigenvalue weighted by atomic mass is 10.2. The third kappa shape index (κ3) is 3.04. The molecule has 0 aliphatic heterocycles. The summed E-state index contributed by atoms with van der Waals surface area (Å²) in [6, 6.07) is 10.0. The highest BCUT2D eigenvalue weighted by molar-refractivity contribution is 7.99. The van der Waals surface area contributed by atoms with Crippen molar-refractivity contribution in [1.82, 2.24) is 20.2 Å². The Kier molecular flexibility index (Phi) is 3.84. The molecule has 0 aliphatic rings. The first-order valence-electron chi connectivity index (χ1n) is 6.14. The third-order valence-corrected chi connectivity index (χ3v) is 3.44. The molecule has 0 atom stereocenters. The van der Waals surface area contributed by atoms with Gasteiger partial charge < -0.3 is 4.98 Å². The first kappa shape index (κ1) is 13.2. The van der Waals surface area contributed by atoms with Crippen LogP contribution in [0.3, 0.4) is 0 Å². The number of aromatic amines is 2. The molecule has 0 saturated carbocycles. The molecule has 21 heavy (non-hydrogen) atoms. The highest BCUT2D eigenvalue weighted by Gasteiger charge is 2.02. The molecular weight excluding hydrogens is 286 g/mol. The van der Waals surface area contributed by atoms with Gasteiger partial charge in [0.25, 0.3) is 0 Å². The molecule has 7 nitrogen and oxygen atoms in total. The van der Waals surface area contributed by atoms with Gasteiger partial charge in [-0.1, -0.05) is 30.0 Å². The molecule has 0 spiro atoms. The number of nitrogens with zero attached hydrogens (tertiary/aromatic N) is 4. The van der Waals surface area contributed by atoms with Crippen LogP contribution in [0, 0.1) is 11.3 Å². The van der Waals surface area contributed by atoms with Crippen molar-refractivity contribution in [3.8, 4) is 6.07 Å². The van der Waals surface area contributed by atoms with Gasteiger partial charge in [-0.3, -0.25) is 0 Å². The van der Waals surface area contributed by atoms with Crippen LogP contribution in [-0.2, 0) is 0 Å². The molecule has 8 heteroatoms. The lowest BCUT2D eigenvalue weighted by Gasteiger charge is -1.92. The number of aromatic nitrogens is 4. The normalized spacial score (nSPS) is 11.0. The minimum Gasteiger partial charge on any atom is -0.361 e. The number of hydrogen-bond acceptors (Lipinski definition) is 6. The maximum atomic E-state index is 8.49. The Hall–Kier alpha value is -2.79. The summed E-state index contributed by atoms with van der Waals surface area (Å²) in [5.41, 5.74) is 4.82. The predicted octanol–water partition coefficient (Wildman–Crippen LogP) is 2.35. The fourth-order valence-corrected chi connectivity index (χ4v) is 2.28. The molecule has 2 aromatic heterocycles. The molecule has 3 aromatic rings. The monoisotopic (exact) mass is 297 g/mol. The van der Waals surface area contributed by atoms with Crippen LogP contribution >= 0.6 is 11.8 Å². The summed E-state index contributed by atoms with van der Waals surface area (Å²) in [4.78, 5) is 7.32. The van der Waals surface area contributed by atoms with Gasteiger partial charge in [-0.05, 0) is 6.07 Å². The highest BCUT2D eigenvalue weighted by atomic mass is 32.2. The van der Waals surface area contributed by atoms with E-state index in [9.17, 15) is 0 Å². The molecule has 104 valence electrons. The average Bonchev–Trinajstić information content (AvgIpc) is 3.13. The van der Waals surface area contributed by atoms with Crippen molar-refractivity contribution in [3.05, 3.63) is 36.0 Å². The third-order valence-electron chi connectivity index (χ3n) is 2.73. The molecule has 0 aliphatic carbocycles. The Morgan fingerprint density at radius 2 is 2.33 bits per heavy atom. The molecule has 3 N–H and O–H groups in total. The second-order valence-electron chi connectivity index (χ2n) is 4.07. The van der Waals surface area contributed by atoms with Gasteiger partial charge in [0.05, 0.1) is 18.0 Å². The van der Waals surface area contributed by atoms with E-state index in [2.05, 4.69) is 30.7 Å². The zero-order valence-corrected chi connectivity index (χ0v) is 11.7. The number of benzene rings is 1. The number of nitrogens with one attached hydrogen (secondary N) is 3. The van der Waals surface area contributed by atoms with Gasteiger partial charge >= 0.3 is 0 Å². The van der Waals surface area contributed by atoms with Crippen LogP contribution in [0.4, 0.5) is 5.95 Å². The summed E-state index contributed by atoms with van der Waals surface area (Å²) in [5, 5.41) is 20.9. The van der Waals surface area contributed by atoms with E-state index in [0.717, 1.165) is 16.5 Å². The summed E-state index contributed by atoms with van der Waals surface area (Å²) >= 11 is 1.26. The van der Waals surface area contributed by atoms with E-state index in [1.54, 1.807) is 6.21 Å². The number of anilines is 1. The number of hydrazone groups is 1. The number of H-pyrrole nitrogens is 2. The zero-order valence-electron chi connectivity index (χ0n) is 10.9. The molecular formula is C13H11N7S. The van der Waals surface area contributed by atoms with Crippen molar-refractivity contribution >= 4 is 34.8 Å². The first-order chi connectivity index (χ1) is 10.4. The fourth-order valence-electron chi connectivity index (χ4n) is 1.82. The second-order valence-corrected chi connectivity index (χ2v) is 5.02. The van der Waals surface area contributed by atoms with Gasteiger partial charge in [0.2, 0.25) is 11.1 Å². The molecule has 0 amide bonds. The number of fused-ring (bicyclic) bond motifs is 1. The summed E-state index contributed by atoms with van der Waals surface area (Å²) in [7, 11) is 0. The summed E-state index contributed by atoms with van der Waals surface area (Å²) in [5.74, 6) is 0.752. The minimum absolute atomic E-state index is 0.315. The Labute approximate surface area is 124 Å². The molecule has 3 rings (SSSR count). The quantitative estimate of drug-likeness (QED) is 0.381. The SMILES string of the molecule is N#CCSc1n[nH]c(N/N=C\c2c[nH]c3ccccc23)n1. The molecule has 0 saturated heterocycles. The Bertz CT molecular complexity index is 811. The van der Waals surface area contributed by atoms with Gasteiger partial charge in [0.1, 0.15) is 0 Å². The molecule has 1 aromatic carbocycles. The van der Waals surface area contributed by atoms with Crippen molar-refractivity contribution < 1.29 is 0 Å². The van der Waals surface area contributed by atoms with Gasteiger partial charge in [-0.25, -0.2) is 10.5 Å². The molecule has 0 unspecified atom stereocenters. The number of nitriles is 1. The summed E-state index contributed by atoms with van der Waals surface area (Å²) < 4.78 is 0. The van der Waals surface area contributed by atoms with Crippen molar-refractivity contribution in [2.45, 2.75) is 5.16 Å². The molecule has 0 bridgehead atoms. The highest BCUT2D eigenvalue weighted by Crippen LogP contribution is 2.16. The van der Waals surface area contributed by atoms with E-state index in [1.807, 2.05) is 36.5 Å². The van der Waals surface area contributed by atoms with Crippen LogP contribution in [-0.4, -0.2) is 32.1 Å². The lowest BCUT2D eigenvalue weighted by molar-refractivity contribution is 0.975. The van der Waals surface area contributed by atoms with Crippen LogP contribution in [0.15, 0.2) is 40.7 Å². The van der Waals surface area contributed by atoms with E-state index in [1.165, 1.54) is 11.8 Å². The number of hydrogen-bond donors (Lipinski definition) is 3. The van der Waals surface area contributed by atoms with Gasteiger partial charge in [-0.2, -0.15) is 15.3 Å². The Balaban J connectivity index is 1.67. The summed E-state index contributed by atoms with van der Waals surface area (Å²) in [6.07, 6.45) is 3.61. The largest absolute Gasteiger partial charge is 0.361 e. The van der Waals surface area contributed by atoms with Gasteiger partial charge in [0.15, 0.2) is 0 Å². The van der Waals surface area contributed by atoms with Gasteiger partial charge in [0, 0.05) is 22.7 Å². The van der Waals surface area contributed by atoms with E-state index >= 15 is 0 Å². The minimum atomic E-state index is 0.315. The average molecular weight is 297 g/mol. The second kappa shape index (κ2) is 6.11. The molecule has 0 radical (unpaired) electrons. The van der Waals surface area contributed by atoms with E-state index in [4.69, 9.17) is 5.26 Å². The lowest BCUT2D eigenvalue weighted by Crippen LogP contribution is -1.92. The van der Waals surface area contributed by atoms with Crippen molar-refractivity contribution in [2.75, 3.05) is 11.2 Å². The number of rotatable bonds is 5. The van der Waals surface area contributed by atoms with Crippen LogP contribution in [0.25, 0.3) is 10.9 Å². The number of thioether (sulfide) groups is 1. The molecule has 0 fully saturated rings. The van der Waals surface area contributed by atoms with Crippen LogP contribution in [0.1, 0.15) is 5.56 Å². The standard InChI is InChI=1S/C13H11N7S/c14-5-6-21-13-17-12(19-20-13)18-16-8-9-7-15-11-4-2-1-3-10(9)11/h1-4,7-8,15H,6H2,(H2,17,18,19,20)/b16-8-. The van der Waals surface area contributed by atoms with Crippen molar-refractivity contribution in [1.29, 1.82) is 5.26 Å². The van der Waals surface area contributed by atoms with Crippen LogP contribution < -0.4 is 5.43 Å². The smallest absolute Gasteiger partial charge is 0.240 e. The Morgan fingerprint density at radius 3 is 3.24 bits per heavy atom. The molecule has 2 heterocycles.